The van der Waals surface area contributed by atoms with Gasteiger partial charge in [-0.25, -0.2) is 4.39 Å². The molecule has 4 N–H and O–H groups in total. The molecule has 0 aliphatic heterocycles. The highest BCUT2D eigenvalue weighted by Gasteiger charge is 2.26. The molecule has 0 heterocycles. The van der Waals surface area contributed by atoms with Crippen molar-refractivity contribution in [3.63, 3.8) is 0 Å². The van der Waals surface area contributed by atoms with E-state index in [0.29, 0.717) is 0 Å². The predicted molar refractivity (Wildman–Crippen MR) is 400 cm³/mol. The fourth-order valence-electron chi connectivity index (χ4n) is 6.16. The maximum Gasteiger partial charge on any atom is 0.268 e. The number of alkyl halides is 1. The maximum atomic E-state index is 14.0. The molecule has 0 aromatic rings. The van der Waals surface area contributed by atoms with Crippen LogP contribution < -0.4 is 93.0 Å². The molecule has 0 aliphatic carbocycles. The van der Waals surface area contributed by atoms with Crippen LogP contribution in [0, 0.1) is 11.8 Å². The summed E-state index contributed by atoms with van der Waals surface area (Å²) in [6.45, 7) is -14.0. The Morgan fingerprint density at radius 2 is 0.343 bits per heavy atom. The molecule has 0 aliphatic rings. The highest BCUT2D eigenvalue weighted by Crippen LogP contribution is 2.50. The number of phosphoric ester groups is 18. The van der Waals surface area contributed by atoms with Crippen LogP contribution >= 0.6 is 141 Å². The van der Waals surface area contributed by atoms with Crippen LogP contribution in [-0.4, -0.2) is 242 Å². The summed E-state index contributed by atoms with van der Waals surface area (Å²) in [5, 5.41) is 8.86. The van der Waals surface area contributed by atoms with Crippen LogP contribution in [0.2, 0.25) is 0 Å². The SMILES string of the molecule is CC(C)OP(=O)([O-])OCCOP(=O)([O-])O.CC(C)OP(=O)([O-])OCCOP(=O)([O-])O.CC(C)OP(=O)([O-])OCCOP(=O)([O-])O.CC(CO)COP(=O)([O-])OCCOP(=O)([O-])OCC(F)COP(=O)([O-])OCCOP(=O)([O-])OCCOP(=O)([O-])OCCOP(=O)([O-])OCCOP(=O)([O-])OCCOP(=O)([O-])OCCOP(=O)([O-])OCCOP(=O)([O-])OC(C)COP(=O)([O-])OCC(C)COP(=O)([O-])[O-]. The third-order valence-corrected chi connectivity index (χ3v) is 27.4. The number of rotatable bonds is 82. The van der Waals surface area contributed by atoms with Gasteiger partial charge in [-0.3, -0.25) is 77.6 Å². The summed E-state index contributed by atoms with van der Waals surface area (Å²) < 4.78 is 354. The molecule has 0 spiro atoms. The Morgan fingerprint density at radius 3 is 0.526 bits per heavy atom. The lowest BCUT2D eigenvalue weighted by molar-refractivity contribution is -0.342. The van der Waals surface area contributed by atoms with Gasteiger partial charge in [-0.1, -0.05) is 13.8 Å². The predicted octanol–water partition coefficient (Wildman–Crippen LogP) is -7.54. The lowest BCUT2D eigenvalue weighted by Gasteiger charge is -2.31. The molecular weight excluding hydrogens is 2280 g/mol. The van der Waals surface area contributed by atoms with E-state index in [1.807, 2.05) is 0 Å². The third kappa shape index (κ3) is 101. The highest BCUT2D eigenvalue weighted by atomic mass is 31.2. The standard InChI is InChI=1S/C30H73FO49P12.3C5H14O8P2/c1-27(20-32)21-75-88(48,49)70-16-17-72-90(52,53)79-26-30(31)25-78-89(50,51)71-15-14-68-86(44,45)66-11-10-64-84(40,41)62-7-6-60-82(36,37)58-4-5-59-83(38,39)61-8-9-63-85(42,43)65-12-13-67-87(46,47)69-18-19-73-92(56,57)80-29(3)24-77-91(54,55)76-23-28(2)22-74-81(33,34)35;3*1-5(2)13-15(9,10)12-4-3-11-14(6,7)8/h27-30,32H,4-26H2,1-3H3,(H,36,37)(H,38,39)(H,40,41)(H,42,43)(H,44,45)(H,46,47)(H,48,49)(H,50,51)(H,52,53)(H,54,55)(H,56,57)(H2,33,34,35);3*5H,3-4H2,1-2H3,(H,9,10)(H2,6,7,8)/p-19. The van der Waals surface area contributed by atoms with E-state index in [1.165, 1.54) is 55.4 Å². The van der Waals surface area contributed by atoms with Gasteiger partial charge in [0.05, 0.1) is 217 Å². The summed E-state index contributed by atoms with van der Waals surface area (Å²) in [5.74, 6) is -1.51. The molecule has 0 radical (unpaired) electrons. The van der Waals surface area contributed by atoms with Crippen molar-refractivity contribution in [2.75, 3.05) is 192 Å². The number of halogens is 1. The quantitative estimate of drug-likeness (QED) is 0.0325. The Balaban J connectivity index is -0.00000157. The van der Waals surface area contributed by atoms with Crippen molar-refractivity contribution < 1.29 is 344 Å². The Labute approximate surface area is 778 Å². The topological polar surface area (TPSA) is 1120 Å². The Bertz CT molecular complexity index is 4140. The first-order chi connectivity index (χ1) is 61.8. The molecule has 0 aromatic heterocycles. The Morgan fingerprint density at radius 1 is 0.197 bits per heavy atom. The summed E-state index contributed by atoms with van der Waals surface area (Å²) >= 11 is 0. The highest BCUT2D eigenvalue weighted by molar-refractivity contribution is 7.50. The summed E-state index contributed by atoms with van der Waals surface area (Å²) in [6.07, 6.45) is -5.75. The number of aliphatic hydroxyl groups is 1. The number of hydrogen-bond donors (Lipinski definition) is 4. The van der Waals surface area contributed by atoms with Crippen LogP contribution in [0.25, 0.3) is 0 Å². The molecule has 0 amide bonds. The minimum Gasteiger partial charge on any atom is -0.790 e. The fraction of sp³-hybridized carbons (Fsp3) is 1.00. The summed E-state index contributed by atoms with van der Waals surface area (Å²) in [4.78, 5) is 238. The van der Waals surface area contributed by atoms with Gasteiger partial charge in [0.25, 0.3) is 133 Å². The zero-order chi connectivity index (χ0) is 107. The molecule has 0 fully saturated rings. The first-order valence-corrected chi connectivity index (χ1v) is 62.7. The molecule has 21 unspecified atom stereocenters. The summed E-state index contributed by atoms with van der Waals surface area (Å²) in [6, 6.07) is 0. The second-order valence-corrected chi connectivity index (χ2v) is 48.9. The van der Waals surface area contributed by atoms with Crippen molar-refractivity contribution in [3.05, 3.63) is 0 Å². The molecule has 0 rings (SSSR count). The van der Waals surface area contributed by atoms with Gasteiger partial charge in [0.15, 0.2) is 0 Å². The molecule has 0 bridgehead atoms. The van der Waals surface area contributed by atoms with E-state index < -0.39 is 375 Å². The number of aliphatic hydroxyl groups excluding tert-OH is 1. The van der Waals surface area contributed by atoms with Crippen LogP contribution in [-0.2, 0) is 227 Å². The van der Waals surface area contributed by atoms with Gasteiger partial charge in [-0.2, -0.15) is 0 Å². The van der Waals surface area contributed by atoms with Gasteiger partial charge >= 0.3 is 0 Å². The Kier molecular flexibility index (Phi) is 74.3. The minimum absolute atomic E-state index is 0.410. The van der Waals surface area contributed by atoms with Crippen molar-refractivity contribution in [1.29, 1.82) is 0 Å². The van der Waals surface area contributed by atoms with E-state index in [0.717, 1.165) is 6.92 Å². The van der Waals surface area contributed by atoms with Crippen molar-refractivity contribution >= 4 is 141 Å². The molecule has 92 heteroatoms. The third-order valence-electron chi connectivity index (χ3n) is 10.9. The largest absolute Gasteiger partial charge is 0.790 e. The monoisotopic (exact) mass is 2380 g/mol. The van der Waals surface area contributed by atoms with Crippen LogP contribution in [0.15, 0.2) is 0 Å². The summed E-state index contributed by atoms with van der Waals surface area (Å²) in [7, 11) is -91.2. The van der Waals surface area contributed by atoms with E-state index in [9.17, 15) is 180 Å². The van der Waals surface area contributed by atoms with Gasteiger partial charge in [0, 0.05) is 18.4 Å². The van der Waals surface area contributed by atoms with Gasteiger partial charge in [0.2, 0.25) is 0 Å². The van der Waals surface area contributed by atoms with Crippen LogP contribution in [0.5, 0.6) is 0 Å². The van der Waals surface area contributed by atoms with Gasteiger partial charge in [-0.05, 0) is 48.5 Å². The fourth-order valence-corrected chi connectivity index (χ4v) is 18.2. The molecule has 0 saturated carbocycles. The van der Waals surface area contributed by atoms with E-state index in [2.05, 4.69) is 145 Å². The van der Waals surface area contributed by atoms with E-state index >= 15 is 0 Å². The smallest absolute Gasteiger partial charge is 0.268 e. The molecular formula is C45H96FO73P18-19. The van der Waals surface area contributed by atoms with Gasteiger partial charge < -0.3 is 262 Å². The first-order valence-electron chi connectivity index (χ1n) is 36.3. The molecule has 0 aromatic carbocycles. The minimum atomic E-state index is -5.42. The molecule has 0 saturated heterocycles. The maximum absolute atomic E-state index is 14.0. The van der Waals surface area contributed by atoms with Crippen LogP contribution in [0.1, 0.15) is 62.3 Å². The number of phosphoric acid groups is 18. The van der Waals surface area contributed by atoms with Crippen molar-refractivity contribution in [3.8, 4) is 0 Å². The van der Waals surface area contributed by atoms with Crippen molar-refractivity contribution in [2.45, 2.75) is 92.9 Å². The molecule has 73 nitrogen and oxygen atoms in total. The van der Waals surface area contributed by atoms with Gasteiger partial charge in [0.1, 0.15) is 6.17 Å². The molecule has 137 heavy (non-hydrogen) atoms. The lowest BCUT2D eigenvalue weighted by Crippen LogP contribution is -2.23. The zero-order valence-corrected chi connectivity index (χ0v) is 88.0. The second kappa shape index (κ2) is 70.2. The van der Waals surface area contributed by atoms with Crippen molar-refractivity contribution in [2.24, 2.45) is 11.8 Å². The average molecular weight is 2380 g/mol. The van der Waals surface area contributed by atoms with Crippen molar-refractivity contribution in [1.82, 2.24) is 0 Å². The summed E-state index contributed by atoms with van der Waals surface area (Å²) in [5.41, 5.74) is 0. The lowest BCUT2D eigenvalue weighted by atomic mass is 10.2. The first kappa shape index (κ1) is 145. The van der Waals surface area contributed by atoms with E-state index in [-0.39, 0.29) is 0 Å². The molecule has 830 valence electrons. The van der Waals surface area contributed by atoms with E-state index in [1.54, 1.807) is 0 Å². The van der Waals surface area contributed by atoms with E-state index in [4.69, 9.17) is 19.8 Å². The molecule has 21 atom stereocenters. The van der Waals surface area contributed by atoms with Crippen LogP contribution in [0.3, 0.4) is 0 Å². The average Bonchev–Trinajstić information content (AvgIpc) is 0.874. The van der Waals surface area contributed by atoms with Gasteiger partial charge in [-0.15, -0.1) is 0 Å². The normalized spacial score (nSPS) is 20.8. The zero-order valence-electron chi connectivity index (χ0n) is 71.9. The second-order valence-electron chi connectivity index (χ2n) is 24.6. The van der Waals surface area contributed by atoms with Crippen LogP contribution in [0.4, 0.5) is 4.39 Å². The number of hydrogen-bond acceptors (Lipinski definition) is 70. The Hall–Kier alpha value is 1.87.